The van der Waals surface area contributed by atoms with E-state index in [9.17, 15) is 22.8 Å². The third-order valence-electron chi connectivity index (χ3n) is 5.61. The summed E-state index contributed by atoms with van der Waals surface area (Å²) in [7, 11) is -3.94. The zero-order valence-electron chi connectivity index (χ0n) is 17.3. The second-order valence-electron chi connectivity index (χ2n) is 7.63. The number of fused-ring (bicyclic) bond motifs is 3. The Morgan fingerprint density at radius 1 is 0.909 bits per heavy atom. The summed E-state index contributed by atoms with van der Waals surface area (Å²) in [6, 6.07) is 17.2. The third kappa shape index (κ3) is 3.46. The number of ketones is 1. The Hall–Kier alpha value is -3.98. The van der Waals surface area contributed by atoms with Crippen LogP contribution in [0.5, 0.6) is 0 Å². The van der Waals surface area contributed by atoms with Crippen molar-refractivity contribution in [1.29, 1.82) is 0 Å². The van der Waals surface area contributed by atoms with Gasteiger partial charge in [-0.3, -0.25) is 9.36 Å². The Morgan fingerprint density at radius 3 is 2.48 bits per heavy atom. The number of esters is 1. The fourth-order valence-electron chi connectivity index (χ4n) is 4.01. The van der Waals surface area contributed by atoms with Crippen molar-refractivity contribution in [2.75, 3.05) is 6.61 Å². The lowest BCUT2D eigenvalue weighted by atomic mass is 10.0. The van der Waals surface area contributed by atoms with Crippen molar-refractivity contribution < 1.29 is 22.7 Å². The molecule has 1 aromatic heterocycles. The summed E-state index contributed by atoms with van der Waals surface area (Å²) in [4.78, 5) is 39.8. The average molecular weight is 462 g/mol. The van der Waals surface area contributed by atoms with Crippen molar-refractivity contribution in [2.24, 2.45) is 0 Å². The molecule has 1 aliphatic rings. The molecule has 0 saturated carbocycles. The van der Waals surface area contributed by atoms with Gasteiger partial charge in [0.25, 0.3) is 0 Å². The number of carbonyl (C=O) groups excluding carboxylic acids is 2. The van der Waals surface area contributed by atoms with Crippen LogP contribution < -0.4 is 5.69 Å². The maximum Gasteiger partial charge on any atom is 0.338 e. The van der Waals surface area contributed by atoms with Gasteiger partial charge in [-0.25, -0.2) is 18.0 Å². The first-order valence-electron chi connectivity index (χ1n) is 10.3. The van der Waals surface area contributed by atoms with Gasteiger partial charge in [-0.1, -0.05) is 24.3 Å². The highest BCUT2D eigenvalue weighted by atomic mass is 32.2. The highest BCUT2D eigenvalue weighted by Crippen LogP contribution is 2.34. The van der Waals surface area contributed by atoms with Crippen LogP contribution >= 0.6 is 0 Å². The molecule has 9 heteroatoms. The second-order valence-corrected chi connectivity index (χ2v) is 9.51. The molecule has 1 aliphatic heterocycles. The van der Waals surface area contributed by atoms with Crippen LogP contribution in [0.25, 0.3) is 11.0 Å². The number of para-hydroxylation sites is 2. The van der Waals surface area contributed by atoms with Gasteiger partial charge in [0.05, 0.1) is 33.0 Å². The van der Waals surface area contributed by atoms with Crippen molar-refractivity contribution >= 4 is 32.6 Å². The standard InChI is InChI=1S/C24H18N2O6S/c27-22-16-6-1-4-9-20(16)33(30,31)21-14-15(10-11-17(21)22)23(28)32-13-5-12-26-19-8-3-2-7-18(19)25-24(26)29/h1-4,6-11,14H,5,12-13H2,(H,25,29). The van der Waals surface area contributed by atoms with Crippen LogP contribution in [0, 0.1) is 0 Å². The topological polar surface area (TPSA) is 115 Å². The number of aromatic nitrogens is 2. The minimum Gasteiger partial charge on any atom is -0.462 e. The van der Waals surface area contributed by atoms with E-state index in [1.807, 2.05) is 18.2 Å². The monoisotopic (exact) mass is 462 g/mol. The minimum atomic E-state index is -3.94. The van der Waals surface area contributed by atoms with Crippen LogP contribution in [0.1, 0.15) is 32.7 Å². The molecule has 5 rings (SSSR count). The van der Waals surface area contributed by atoms with Gasteiger partial charge in [0.2, 0.25) is 9.84 Å². The summed E-state index contributed by atoms with van der Waals surface area (Å²) in [6.45, 7) is 0.385. The summed E-state index contributed by atoms with van der Waals surface area (Å²) in [5.74, 6) is -1.11. The largest absolute Gasteiger partial charge is 0.462 e. The van der Waals surface area contributed by atoms with Crippen molar-refractivity contribution in [3.63, 3.8) is 0 Å². The zero-order valence-corrected chi connectivity index (χ0v) is 18.1. The summed E-state index contributed by atoms with van der Waals surface area (Å²) in [5.41, 5.74) is 1.43. The van der Waals surface area contributed by atoms with Crippen molar-refractivity contribution in [3.05, 3.63) is 93.9 Å². The molecular formula is C24H18N2O6S. The first-order chi connectivity index (χ1) is 15.9. The van der Waals surface area contributed by atoms with Gasteiger partial charge in [-0.05, 0) is 48.9 Å². The molecule has 33 heavy (non-hydrogen) atoms. The molecule has 0 unspecified atom stereocenters. The molecule has 0 amide bonds. The lowest BCUT2D eigenvalue weighted by Gasteiger charge is -2.19. The highest BCUT2D eigenvalue weighted by molar-refractivity contribution is 7.91. The number of benzene rings is 3. The molecule has 0 aliphatic carbocycles. The van der Waals surface area contributed by atoms with Gasteiger partial charge in [-0.2, -0.15) is 0 Å². The number of ether oxygens (including phenoxy) is 1. The van der Waals surface area contributed by atoms with E-state index in [1.165, 1.54) is 30.3 Å². The van der Waals surface area contributed by atoms with Crippen LogP contribution in [0.2, 0.25) is 0 Å². The molecular weight excluding hydrogens is 444 g/mol. The van der Waals surface area contributed by atoms with E-state index in [4.69, 9.17) is 4.74 Å². The maximum atomic E-state index is 13.0. The summed E-state index contributed by atoms with van der Waals surface area (Å²) >= 11 is 0. The third-order valence-corrected chi connectivity index (χ3v) is 7.47. The number of carbonyl (C=O) groups is 2. The van der Waals surface area contributed by atoms with Gasteiger partial charge in [0.1, 0.15) is 0 Å². The molecule has 0 radical (unpaired) electrons. The smallest absolute Gasteiger partial charge is 0.338 e. The summed E-state index contributed by atoms with van der Waals surface area (Å²) in [6.07, 6.45) is 0.391. The number of nitrogens with zero attached hydrogens (tertiary/aromatic N) is 1. The molecule has 166 valence electrons. The zero-order chi connectivity index (χ0) is 23.2. The van der Waals surface area contributed by atoms with Crippen LogP contribution in [-0.2, 0) is 21.1 Å². The lowest BCUT2D eigenvalue weighted by Crippen LogP contribution is -2.21. The quantitative estimate of drug-likeness (QED) is 0.317. The first-order valence-corrected chi connectivity index (χ1v) is 11.7. The van der Waals surface area contributed by atoms with E-state index in [0.717, 1.165) is 11.0 Å². The average Bonchev–Trinajstić information content (AvgIpc) is 3.15. The SMILES string of the molecule is O=C(OCCCn1c(=O)[nH]c2ccccc21)c1ccc2c(c1)S(=O)(=O)c1ccccc1C2=O. The number of aromatic amines is 1. The molecule has 0 bridgehead atoms. The number of rotatable bonds is 5. The molecule has 2 heterocycles. The van der Waals surface area contributed by atoms with E-state index < -0.39 is 21.6 Å². The fourth-order valence-corrected chi connectivity index (χ4v) is 5.69. The molecule has 3 aromatic carbocycles. The van der Waals surface area contributed by atoms with E-state index in [2.05, 4.69) is 4.98 Å². The predicted octanol–water partition coefficient (Wildman–Crippen LogP) is 2.95. The lowest BCUT2D eigenvalue weighted by molar-refractivity contribution is 0.0495. The number of hydrogen-bond acceptors (Lipinski definition) is 6. The maximum absolute atomic E-state index is 13.0. The molecule has 0 fully saturated rings. The van der Waals surface area contributed by atoms with E-state index in [-0.39, 0.29) is 38.8 Å². The van der Waals surface area contributed by atoms with Gasteiger partial charge >= 0.3 is 11.7 Å². The van der Waals surface area contributed by atoms with Gasteiger partial charge in [-0.15, -0.1) is 0 Å². The second kappa shape index (κ2) is 7.86. The van der Waals surface area contributed by atoms with Gasteiger partial charge in [0.15, 0.2) is 5.78 Å². The van der Waals surface area contributed by atoms with E-state index >= 15 is 0 Å². The normalized spacial score (nSPS) is 14.0. The Bertz CT molecular complexity index is 1600. The number of hydrogen-bond donors (Lipinski definition) is 1. The highest BCUT2D eigenvalue weighted by Gasteiger charge is 2.35. The Labute approximate surface area is 188 Å². The van der Waals surface area contributed by atoms with Gasteiger partial charge < -0.3 is 9.72 Å². The van der Waals surface area contributed by atoms with E-state index in [1.54, 1.807) is 22.8 Å². The number of sulfone groups is 1. The predicted molar refractivity (Wildman–Crippen MR) is 119 cm³/mol. The Balaban J connectivity index is 1.31. The molecule has 1 N–H and O–H groups in total. The fraction of sp³-hybridized carbons (Fsp3) is 0.125. The molecule has 0 spiro atoms. The van der Waals surface area contributed by atoms with Crippen LogP contribution in [0.3, 0.4) is 0 Å². The molecule has 0 saturated heterocycles. The van der Waals surface area contributed by atoms with Crippen LogP contribution in [-0.4, -0.2) is 36.3 Å². The molecule has 8 nitrogen and oxygen atoms in total. The summed E-state index contributed by atoms with van der Waals surface area (Å²) < 4.78 is 32.9. The van der Waals surface area contributed by atoms with Crippen LogP contribution in [0.15, 0.2) is 81.3 Å². The van der Waals surface area contributed by atoms with Crippen LogP contribution in [0.4, 0.5) is 0 Å². The van der Waals surface area contributed by atoms with Crippen molar-refractivity contribution in [3.8, 4) is 0 Å². The first kappa shape index (κ1) is 20.9. The Kier molecular flexibility index (Phi) is 4.98. The Morgan fingerprint density at radius 2 is 1.64 bits per heavy atom. The molecule has 4 aromatic rings. The number of nitrogens with one attached hydrogen (secondary N) is 1. The minimum absolute atomic E-state index is 0.0314. The molecule has 0 atom stereocenters. The van der Waals surface area contributed by atoms with Gasteiger partial charge in [0, 0.05) is 17.7 Å². The number of imidazole rings is 1. The van der Waals surface area contributed by atoms with Crippen molar-refractivity contribution in [1.82, 2.24) is 9.55 Å². The summed E-state index contributed by atoms with van der Waals surface area (Å²) in [5, 5.41) is 0. The number of aryl methyl sites for hydroxylation is 1. The number of H-pyrrole nitrogens is 1. The van der Waals surface area contributed by atoms with E-state index in [0.29, 0.717) is 13.0 Å². The van der Waals surface area contributed by atoms with Crippen molar-refractivity contribution in [2.45, 2.75) is 22.8 Å².